The molecule has 3 heterocycles. The number of benzene rings is 3. The first-order valence-corrected chi connectivity index (χ1v) is 11.9. The van der Waals surface area contributed by atoms with Gasteiger partial charge in [-0.2, -0.15) is 13.2 Å². The molecular formula is C27H15F3N4O2S. The lowest BCUT2D eigenvalue weighted by Gasteiger charge is -2.11. The minimum absolute atomic E-state index is 0.156. The van der Waals surface area contributed by atoms with E-state index in [4.69, 9.17) is 0 Å². The van der Waals surface area contributed by atoms with E-state index in [9.17, 15) is 22.8 Å². The number of nitrogens with one attached hydrogen (secondary N) is 1. The van der Waals surface area contributed by atoms with E-state index in [1.807, 2.05) is 60.7 Å². The van der Waals surface area contributed by atoms with E-state index in [-0.39, 0.29) is 15.9 Å². The molecule has 3 aromatic heterocycles. The van der Waals surface area contributed by atoms with Gasteiger partial charge in [-0.15, -0.1) is 21.5 Å². The van der Waals surface area contributed by atoms with Crippen LogP contribution in [-0.4, -0.2) is 19.7 Å². The number of thiophene rings is 1. The lowest BCUT2D eigenvalue weighted by atomic mass is 9.97. The number of rotatable bonds is 3. The van der Waals surface area contributed by atoms with Gasteiger partial charge < -0.3 is 4.98 Å². The van der Waals surface area contributed by atoms with Gasteiger partial charge in [-0.3, -0.25) is 4.79 Å². The third-order valence-electron chi connectivity index (χ3n) is 5.99. The van der Waals surface area contributed by atoms with E-state index in [0.29, 0.717) is 26.0 Å². The Labute approximate surface area is 210 Å². The summed E-state index contributed by atoms with van der Waals surface area (Å²) in [6, 6.07) is 22.9. The van der Waals surface area contributed by atoms with Gasteiger partial charge in [0.15, 0.2) is 0 Å². The number of hydrogen-bond donors (Lipinski definition) is 1. The van der Waals surface area contributed by atoms with Gasteiger partial charge in [-0.25, -0.2) is 9.36 Å². The van der Waals surface area contributed by atoms with E-state index in [2.05, 4.69) is 15.2 Å². The number of aromatic nitrogens is 4. The number of alkyl halides is 3. The predicted octanol–water partition coefficient (Wildman–Crippen LogP) is 6.04. The molecule has 0 aliphatic heterocycles. The van der Waals surface area contributed by atoms with Crippen LogP contribution in [0.2, 0.25) is 0 Å². The molecule has 3 aromatic carbocycles. The largest absolute Gasteiger partial charge is 0.416 e. The van der Waals surface area contributed by atoms with Crippen molar-refractivity contribution in [1.29, 1.82) is 0 Å². The van der Waals surface area contributed by atoms with Gasteiger partial charge >= 0.3 is 11.9 Å². The minimum Gasteiger partial charge on any atom is -0.305 e. The van der Waals surface area contributed by atoms with Gasteiger partial charge in [0.05, 0.1) is 16.8 Å². The molecule has 182 valence electrons. The Hall–Kier alpha value is -4.57. The highest BCUT2D eigenvalue weighted by Crippen LogP contribution is 2.41. The van der Waals surface area contributed by atoms with Crippen molar-refractivity contribution in [2.24, 2.45) is 0 Å². The fraction of sp³-hybridized carbons (Fsp3) is 0.0370. The smallest absolute Gasteiger partial charge is 0.305 e. The predicted molar refractivity (Wildman–Crippen MR) is 137 cm³/mol. The summed E-state index contributed by atoms with van der Waals surface area (Å²) in [5, 5.41) is 9.35. The molecule has 0 aliphatic rings. The van der Waals surface area contributed by atoms with Crippen molar-refractivity contribution >= 4 is 31.8 Å². The first-order chi connectivity index (χ1) is 17.8. The van der Waals surface area contributed by atoms with E-state index < -0.39 is 23.0 Å². The SMILES string of the molecule is O=c1[nH]c2c(sc3nnc(-c4ccccc4)c(-c4ccccc4)c32)c(=O)n1-c1cccc(C(F)(F)F)c1. The second kappa shape index (κ2) is 8.52. The van der Waals surface area contributed by atoms with Crippen LogP contribution >= 0.6 is 11.3 Å². The Morgan fingerprint density at radius 3 is 2.16 bits per heavy atom. The van der Waals surface area contributed by atoms with Crippen LogP contribution in [-0.2, 0) is 6.18 Å². The van der Waals surface area contributed by atoms with Gasteiger partial charge in [0, 0.05) is 16.5 Å². The van der Waals surface area contributed by atoms with Gasteiger partial charge in [-0.05, 0) is 23.8 Å². The summed E-state index contributed by atoms with van der Waals surface area (Å²) >= 11 is 1.03. The van der Waals surface area contributed by atoms with Gasteiger partial charge in [0.1, 0.15) is 15.2 Å². The third kappa shape index (κ3) is 3.82. The van der Waals surface area contributed by atoms with Crippen molar-refractivity contribution in [2.45, 2.75) is 6.18 Å². The van der Waals surface area contributed by atoms with Crippen LogP contribution in [0.4, 0.5) is 13.2 Å². The highest BCUT2D eigenvalue weighted by molar-refractivity contribution is 7.25. The molecule has 10 heteroatoms. The molecule has 0 aliphatic carbocycles. The van der Waals surface area contributed by atoms with E-state index in [0.717, 1.165) is 40.7 Å². The molecule has 37 heavy (non-hydrogen) atoms. The third-order valence-corrected chi connectivity index (χ3v) is 7.05. The number of nitrogens with zero attached hydrogens (tertiary/aromatic N) is 3. The van der Waals surface area contributed by atoms with Gasteiger partial charge in [0.25, 0.3) is 5.56 Å². The molecule has 0 saturated heterocycles. The van der Waals surface area contributed by atoms with E-state index in [1.165, 1.54) is 6.07 Å². The van der Waals surface area contributed by atoms with Crippen molar-refractivity contribution in [3.8, 4) is 28.1 Å². The molecule has 0 bridgehead atoms. The highest BCUT2D eigenvalue weighted by Gasteiger charge is 2.31. The molecule has 6 aromatic rings. The molecule has 0 amide bonds. The van der Waals surface area contributed by atoms with Crippen LogP contribution in [0, 0.1) is 0 Å². The molecule has 1 N–H and O–H groups in total. The van der Waals surface area contributed by atoms with Gasteiger partial charge in [-0.1, -0.05) is 66.7 Å². The maximum Gasteiger partial charge on any atom is 0.416 e. The molecule has 0 saturated carbocycles. The van der Waals surface area contributed by atoms with Crippen molar-refractivity contribution in [1.82, 2.24) is 19.7 Å². The molecule has 6 nitrogen and oxygen atoms in total. The lowest BCUT2D eigenvalue weighted by Crippen LogP contribution is -2.33. The zero-order valence-electron chi connectivity index (χ0n) is 18.8. The molecule has 0 radical (unpaired) electrons. The Morgan fingerprint density at radius 2 is 1.49 bits per heavy atom. The van der Waals surface area contributed by atoms with Crippen LogP contribution in [0.15, 0.2) is 94.5 Å². The molecule has 0 unspecified atom stereocenters. The summed E-state index contributed by atoms with van der Waals surface area (Å²) in [5.41, 5.74) is 0.409. The molecular weight excluding hydrogens is 501 g/mol. The van der Waals surface area contributed by atoms with E-state index >= 15 is 0 Å². The second-order valence-corrected chi connectivity index (χ2v) is 9.26. The normalized spacial score (nSPS) is 11.9. The van der Waals surface area contributed by atoms with Crippen LogP contribution in [0.3, 0.4) is 0 Å². The van der Waals surface area contributed by atoms with E-state index in [1.54, 1.807) is 0 Å². The minimum atomic E-state index is -4.62. The highest BCUT2D eigenvalue weighted by atomic mass is 32.1. The fourth-order valence-corrected chi connectivity index (χ4v) is 5.37. The first kappa shape index (κ1) is 22.9. The maximum absolute atomic E-state index is 13.5. The summed E-state index contributed by atoms with van der Waals surface area (Å²) in [4.78, 5) is 29.8. The van der Waals surface area contributed by atoms with Crippen molar-refractivity contribution in [3.05, 3.63) is 111 Å². The standard InChI is InChI=1S/C27H15F3N4O2S/c28-27(29,30)17-12-7-13-18(14-17)34-25(35)23-22(31-26(34)36)20-19(15-8-3-1-4-9-15)21(32-33-24(20)37-23)16-10-5-2-6-11-16/h1-14H,(H,31,36). The Bertz CT molecular complexity index is 1910. The Balaban J connectivity index is 1.69. The topological polar surface area (TPSA) is 80.6 Å². The summed E-state index contributed by atoms with van der Waals surface area (Å²) in [6.45, 7) is 0. The number of aromatic amines is 1. The first-order valence-electron chi connectivity index (χ1n) is 11.1. The number of H-pyrrole nitrogens is 1. The summed E-state index contributed by atoms with van der Waals surface area (Å²) in [5.74, 6) is 0. The van der Waals surface area contributed by atoms with Crippen molar-refractivity contribution in [2.75, 3.05) is 0 Å². The Morgan fingerprint density at radius 1 is 0.811 bits per heavy atom. The quantitative estimate of drug-likeness (QED) is 0.311. The number of halogens is 3. The summed E-state index contributed by atoms with van der Waals surface area (Å²) < 4.78 is 40.7. The maximum atomic E-state index is 13.5. The fourth-order valence-electron chi connectivity index (χ4n) is 4.35. The van der Waals surface area contributed by atoms with Crippen LogP contribution in [0.1, 0.15) is 5.56 Å². The Kier molecular flexibility index (Phi) is 5.27. The summed E-state index contributed by atoms with van der Waals surface area (Å²) in [7, 11) is 0. The zero-order valence-corrected chi connectivity index (χ0v) is 19.6. The van der Waals surface area contributed by atoms with Crippen LogP contribution in [0.5, 0.6) is 0 Å². The number of hydrogen-bond acceptors (Lipinski definition) is 5. The van der Waals surface area contributed by atoms with Crippen molar-refractivity contribution < 1.29 is 13.2 Å². The summed E-state index contributed by atoms with van der Waals surface area (Å²) in [6.07, 6.45) is -4.62. The van der Waals surface area contributed by atoms with Crippen molar-refractivity contribution in [3.63, 3.8) is 0 Å². The van der Waals surface area contributed by atoms with Crippen LogP contribution in [0.25, 0.3) is 48.5 Å². The zero-order chi connectivity index (χ0) is 25.7. The molecule has 0 atom stereocenters. The monoisotopic (exact) mass is 516 g/mol. The molecule has 0 fully saturated rings. The molecule has 6 rings (SSSR count). The second-order valence-electron chi connectivity index (χ2n) is 8.26. The van der Waals surface area contributed by atoms with Crippen LogP contribution < -0.4 is 11.2 Å². The number of fused-ring (bicyclic) bond motifs is 3. The average Bonchev–Trinajstić information content (AvgIpc) is 3.28. The average molecular weight is 517 g/mol. The lowest BCUT2D eigenvalue weighted by molar-refractivity contribution is -0.137. The molecule has 0 spiro atoms. The van der Waals surface area contributed by atoms with Gasteiger partial charge in [0.2, 0.25) is 0 Å².